The summed E-state index contributed by atoms with van der Waals surface area (Å²) in [6.45, 7) is 4.85. The summed E-state index contributed by atoms with van der Waals surface area (Å²) in [6, 6.07) is 8.20. The van der Waals surface area contributed by atoms with E-state index in [4.69, 9.17) is 5.73 Å². The van der Waals surface area contributed by atoms with Crippen LogP contribution in [0.5, 0.6) is 0 Å². The third kappa shape index (κ3) is 2.14. The Balaban J connectivity index is 2.34. The van der Waals surface area contributed by atoms with Gasteiger partial charge in [-0.15, -0.1) is 0 Å². The summed E-state index contributed by atoms with van der Waals surface area (Å²) in [4.78, 5) is 4.38. The van der Waals surface area contributed by atoms with E-state index in [1.807, 2.05) is 23.0 Å². The molecule has 0 saturated heterocycles. The first-order valence-corrected chi connectivity index (χ1v) is 5.54. The van der Waals surface area contributed by atoms with E-state index in [2.05, 4.69) is 37.2 Å². The highest BCUT2D eigenvalue weighted by Crippen LogP contribution is 2.15. The second-order valence-corrected chi connectivity index (χ2v) is 4.23. The Hall–Kier alpha value is -1.61. The molecule has 0 amide bonds. The van der Waals surface area contributed by atoms with Crippen LogP contribution >= 0.6 is 0 Å². The summed E-state index contributed by atoms with van der Waals surface area (Å²) in [5.74, 6) is 0.457. The second kappa shape index (κ2) is 4.49. The Kier molecular flexibility index (Phi) is 3.06. The molecule has 0 aliphatic rings. The minimum atomic E-state index is 0.457. The molecule has 0 radical (unpaired) electrons. The molecule has 2 aromatic rings. The number of aromatic nitrogens is 2. The highest BCUT2D eigenvalue weighted by molar-refractivity contribution is 5.36. The van der Waals surface area contributed by atoms with Crippen LogP contribution in [0.15, 0.2) is 36.8 Å². The molecule has 0 atom stereocenters. The number of rotatable bonds is 3. The van der Waals surface area contributed by atoms with Crippen molar-refractivity contribution in [1.29, 1.82) is 0 Å². The van der Waals surface area contributed by atoms with E-state index in [1.54, 1.807) is 0 Å². The Morgan fingerprint density at radius 1 is 1.38 bits per heavy atom. The van der Waals surface area contributed by atoms with Crippen molar-refractivity contribution in [2.45, 2.75) is 26.3 Å². The van der Waals surface area contributed by atoms with Gasteiger partial charge in [-0.05, 0) is 23.6 Å². The maximum absolute atomic E-state index is 5.63. The minimum absolute atomic E-state index is 0.457. The van der Waals surface area contributed by atoms with Crippen LogP contribution in [-0.4, -0.2) is 9.55 Å². The van der Waals surface area contributed by atoms with Gasteiger partial charge in [0, 0.05) is 18.4 Å². The summed E-state index contributed by atoms with van der Waals surface area (Å²) in [7, 11) is 0. The predicted molar refractivity (Wildman–Crippen MR) is 65.5 cm³/mol. The van der Waals surface area contributed by atoms with E-state index in [0.29, 0.717) is 12.5 Å². The third-order valence-corrected chi connectivity index (χ3v) is 2.64. The zero-order valence-electron chi connectivity index (χ0n) is 9.72. The van der Waals surface area contributed by atoms with Gasteiger partial charge < -0.3 is 10.3 Å². The maximum Gasteiger partial charge on any atom is 0.0995 e. The normalized spacial score (nSPS) is 11.0. The van der Waals surface area contributed by atoms with Crippen molar-refractivity contribution in [3.63, 3.8) is 0 Å². The summed E-state index contributed by atoms with van der Waals surface area (Å²) < 4.78 is 2.04. The molecule has 2 N–H and O–H groups in total. The van der Waals surface area contributed by atoms with Gasteiger partial charge >= 0.3 is 0 Å². The number of benzene rings is 1. The average molecular weight is 215 g/mol. The lowest BCUT2D eigenvalue weighted by Crippen LogP contribution is -1.98. The molecule has 0 aliphatic heterocycles. The van der Waals surface area contributed by atoms with E-state index < -0.39 is 0 Å². The molecule has 2 rings (SSSR count). The summed E-state index contributed by atoms with van der Waals surface area (Å²) >= 11 is 0. The van der Waals surface area contributed by atoms with Crippen molar-refractivity contribution in [3.8, 4) is 5.69 Å². The van der Waals surface area contributed by atoms with Crippen molar-refractivity contribution in [1.82, 2.24) is 9.55 Å². The number of nitrogens with two attached hydrogens (primary N) is 1. The van der Waals surface area contributed by atoms with E-state index in [1.165, 1.54) is 0 Å². The van der Waals surface area contributed by atoms with Gasteiger partial charge in [0.25, 0.3) is 0 Å². The lowest BCUT2D eigenvalue weighted by Gasteiger charge is -2.04. The Labute approximate surface area is 95.9 Å². The van der Waals surface area contributed by atoms with Crippen LogP contribution in [-0.2, 0) is 6.54 Å². The Bertz CT molecular complexity index is 472. The fraction of sp³-hybridized carbons (Fsp3) is 0.308. The van der Waals surface area contributed by atoms with Crippen LogP contribution in [0.3, 0.4) is 0 Å². The van der Waals surface area contributed by atoms with Crippen LogP contribution < -0.4 is 5.73 Å². The number of hydrogen-bond acceptors (Lipinski definition) is 2. The summed E-state index contributed by atoms with van der Waals surface area (Å²) in [5, 5.41) is 0. The molecule has 3 nitrogen and oxygen atoms in total. The van der Waals surface area contributed by atoms with Crippen LogP contribution in [0.25, 0.3) is 5.69 Å². The Morgan fingerprint density at radius 2 is 2.19 bits per heavy atom. The van der Waals surface area contributed by atoms with Crippen molar-refractivity contribution in [2.75, 3.05) is 0 Å². The predicted octanol–water partition coefficient (Wildman–Crippen LogP) is 2.45. The first-order chi connectivity index (χ1) is 7.70. The number of hydrogen-bond donors (Lipinski definition) is 1. The molecule has 1 aromatic heterocycles. The highest BCUT2D eigenvalue weighted by atomic mass is 15.0. The van der Waals surface area contributed by atoms with Crippen molar-refractivity contribution < 1.29 is 0 Å². The molecular formula is C13H17N3. The van der Waals surface area contributed by atoms with E-state index in [9.17, 15) is 0 Å². The molecule has 0 aliphatic carbocycles. The molecule has 0 fully saturated rings. The fourth-order valence-electron chi connectivity index (χ4n) is 1.62. The number of imidazole rings is 1. The van der Waals surface area contributed by atoms with Crippen molar-refractivity contribution >= 4 is 0 Å². The van der Waals surface area contributed by atoms with Crippen molar-refractivity contribution in [2.24, 2.45) is 5.73 Å². The van der Waals surface area contributed by atoms with Crippen LogP contribution in [0.1, 0.15) is 31.0 Å². The Morgan fingerprint density at radius 3 is 2.81 bits per heavy atom. The molecule has 0 bridgehead atoms. The highest BCUT2D eigenvalue weighted by Gasteiger charge is 2.04. The van der Waals surface area contributed by atoms with Gasteiger partial charge in [0.15, 0.2) is 0 Å². The van der Waals surface area contributed by atoms with E-state index in [-0.39, 0.29) is 0 Å². The van der Waals surface area contributed by atoms with Gasteiger partial charge in [0.2, 0.25) is 0 Å². The first kappa shape index (κ1) is 10.9. The molecule has 16 heavy (non-hydrogen) atoms. The van der Waals surface area contributed by atoms with Crippen LogP contribution in [0.4, 0.5) is 0 Å². The smallest absolute Gasteiger partial charge is 0.0995 e. The monoisotopic (exact) mass is 215 g/mol. The van der Waals surface area contributed by atoms with E-state index >= 15 is 0 Å². The van der Waals surface area contributed by atoms with Crippen molar-refractivity contribution in [3.05, 3.63) is 48.0 Å². The topological polar surface area (TPSA) is 43.8 Å². The van der Waals surface area contributed by atoms with Gasteiger partial charge in [0.1, 0.15) is 0 Å². The lowest BCUT2D eigenvalue weighted by atomic mass is 10.1. The minimum Gasteiger partial charge on any atom is -0.326 e. The molecule has 1 aromatic carbocycles. The zero-order chi connectivity index (χ0) is 11.5. The third-order valence-electron chi connectivity index (χ3n) is 2.64. The largest absolute Gasteiger partial charge is 0.326 e. The van der Waals surface area contributed by atoms with Crippen LogP contribution in [0, 0.1) is 0 Å². The molecule has 0 saturated carbocycles. The SMILES string of the molecule is CC(C)c1cn(-c2cccc(CN)c2)cn1. The zero-order valence-corrected chi connectivity index (χ0v) is 9.72. The maximum atomic E-state index is 5.63. The average Bonchev–Trinajstić information content (AvgIpc) is 2.78. The van der Waals surface area contributed by atoms with Gasteiger partial charge in [0.05, 0.1) is 12.0 Å². The first-order valence-electron chi connectivity index (χ1n) is 5.54. The van der Waals surface area contributed by atoms with Gasteiger partial charge in [-0.2, -0.15) is 0 Å². The fourth-order valence-corrected chi connectivity index (χ4v) is 1.62. The molecular weight excluding hydrogens is 198 g/mol. The molecule has 0 spiro atoms. The van der Waals surface area contributed by atoms with Gasteiger partial charge in [-0.3, -0.25) is 0 Å². The van der Waals surface area contributed by atoms with E-state index in [0.717, 1.165) is 16.9 Å². The molecule has 3 heteroatoms. The molecule has 1 heterocycles. The standard InChI is InChI=1S/C13H17N3/c1-10(2)13-8-16(9-15-13)12-5-3-4-11(6-12)7-14/h3-6,8-10H,7,14H2,1-2H3. The van der Waals surface area contributed by atoms with Gasteiger partial charge in [-0.25, -0.2) is 4.98 Å². The second-order valence-electron chi connectivity index (χ2n) is 4.23. The summed E-state index contributed by atoms with van der Waals surface area (Å²) in [5.41, 5.74) is 8.98. The summed E-state index contributed by atoms with van der Waals surface area (Å²) in [6.07, 6.45) is 3.92. The van der Waals surface area contributed by atoms with Crippen LogP contribution in [0.2, 0.25) is 0 Å². The number of nitrogens with zero attached hydrogens (tertiary/aromatic N) is 2. The lowest BCUT2D eigenvalue weighted by molar-refractivity contribution is 0.831. The quantitative estimate of drug-likeness (QED) is 0.854. The molecule has 84 valence electrons. The molecule has 0 unspecified atom stereocenters. The van der Waals surface area contributed by atoms with Gasteiger partial charge in [-0.1, -0.05) is 26.0 Å².